The van der Waals surface area contributed by atoms with Gasteiger partial charge >= 0.3 is 0 Å². The first-order valence-corrected chi connectivity index (χ1v) is 10.6. The maximum atomic E-state index is 6.57. The second-order valence-corrected chi connectivity index (χ2v) is 12.0. The minimum absolute atomic E-state index is 0.304. The molecule has 1 unspecified atom stereocenters. The second-order valence-electron chi connectivity index (χ2n) is 7.28. The summed E-state index contributed by atoms with van der Waals surface area (Å²) in [7, 11) is -1.63. The van der Waals surface area contributed by atoms with Crippen LogP contribution in [-0.2, 0) is 4.43 Å². The van der Waals surface area contributed by atoms with Crippen LogP contribution in [0.2, 0.25) is 18.1 Å². The molecule has 110 valence electrons. The van der Waals surface area contributed by atoms with E-state index < -0.39 is 8.32 Å². The summed E-state index contributed by atoms with van der Waals surface area (Å²) in [6, 6.07) is 0. The van der Waals surface area contributed by atoms with Crippen LogP contribution in [0.25, 0.3) is 0 Å². The molecular weight excluding hydrogens is 248 g/mol. The van der Waals surface area contributed by atoms with Crippen molar-refractivity contribution < 1.29 is 4.43 Å². The Morgan fingerprint density at radius 3 is 2.42 bits per heavy atom. The number of hydrogen-bond acceptors (Lipinski definition) is 1. The van der Waals surface area contributed by atoms with Gasteiger partial charge in [0, 0.05) is 0 Å². The average Bonchev–Trinajstić information content (AvgIpc) is 2.60. The average molecular weight is 281 g/mol. The molecule has 1 nitrogen and oxygen atoms in total. The smallest absolute Gasteiger partial charge is 0.192 e. The van der Waals surface area contributed by atoms with Crippen LogP contribution in [0.1, 0.15) is 60.3 Å². The molecule has 0 N–H and O–H groups in total. The van der Waals surface area contributed by atoms with Gasteiger partial charge in [-0.2, -0.15) is 0 Å². The first kappa shape index (κ1) is 16.7. The highest BCUT2D eigenvalue weighted by molar-refractivity contribution is 6.74. The normalized spacial score (nSPS) is 21.7. The summed E-state index contributed by atoms with van der Waals surface area (Å²) in [4.78, 5) is 0. The highest BCUT2D eigenvalue weighted by Gasteiger charge is 2.40. The van der Waals surface area contributed by atoms with E-state index in [2.05, 4.69) is 59.9 Å². The van der Waals surface area contributed by atoms with Gasteiger partial charge in [-0.15, -0.1) is 0 Å². The zero-order valence-corrected chi connectivity index (χ0v) is 15.0. The minimum atomic E-state index is -1.63. The summed E-state index contributed by atoms with van der Waals surface area (Å²) >= 11 is 0. The third-order valence-electron chi connectivity index (χ3n) is 4.76. The minimum Gasteiger partial charge on any atom is -0.410 e. The summed E-state index contributed by atoms with van der Waals surface area (Å²) in [6.45, 7) is 16.1. The molecule has 0 saturated carbocycles. The van der Waals surface area contributed by atoms with Crippen molar-refractivity contribution in [2.24, 2.45) is 0 Å². The molecule has 1 rings (SSSR count). The lowest BCUT2D eigenvalue weighted by Gasteiger charge is -2.38. The predicted octanol–water partition coefficient (Wildman–Crippen LogP) is 5.84. The van der Waals surface area contributed by atoms with Gasteiger partial charge in [0.1, 0.15) is 0 Å². The first-order chi connectivity index (χ1) is 8.69. The molecule has 0 saturated heterocycles. The van der Waals surface area contributed by atoms with E-state index >= 15 is 0 Å². The molecule has 1 atom stereocenters. The molecule has 0 bridgehead atoms. The Morgan fingerprint density at radius 1 is 1.26 bits per heavy atom. The molecule has 0 amide bonds. The van der Waals surface area contributed by atoms with Gasteiger partial charge in [-0.25, -0.2) is 0 Å². The molecule has 0 fully saturated rings. The molecule has 0 aromatic rings. The standard InChI is InChI=1S/C17H32OSi/c1-8-9-10-11-15-12-13-16(14(15)2)18-19(6,7)17(3,4)5/h9-10,16H,8,11-13H2,1-7H3/b10-9+. The molecule has 0 aromatic carbocycles. The van der Waals surface area contributed by atoms with Crippen molar-refractivity contribution in [2.45, 2.75) is 84.5 Å². The Kier molecular flexibility index (Phi) is 5.63. The second kappa shape index (κ2) is 6.40. The maximum absolute atomic E-state index is 6.57. The number of rotatable bonds is 5. The van der Waals surface area contributed by atoms with Gasteiger partial charge in [0.2, 0.25) is 0 Å². The van der Waals surface area contributed by atoms with Crippen molar-refractivity contribution in [3.8, 4) is 0 Å². The molecule has 0 radical (unpaired) electrons. The Morgan fingerprint density at radius 2 is 1.89 bits per heavy atom. The SMILES string of the molecule is CC/C=C/CC1=C(C)C(O[Si](C)(C)C(C)(C)C)CC1. The quantitative estimate of drug-likeness (QED) is 0.454. The fourth-order valence-electron chi connectivity index (χ4n) is 2.28. The zero-order chi connectivity index (χ0) is 14.7. The van der Waals surface area contributed by atoms with Crippen molar-refractivity contribution in [2.75, 3.05) is 0 Å². The van der Waals surface area contributed by atoms with Gasteiger partial charge in [-0.05, 0) is 56.3 Å². The van der Waals surface area contributed by atoms with Crippen LogP contribution in [0, 0.1) is 0 Å². The summed E-state index contributed by atoms with van der Waals surface area (Å²) in [6.07, 6.45) is 9.63. The van der Waals surface area contributed by atoms with Crippen LogP contribution in [0.4, 0.5) is 0 Å². The Labute approximate surface area is 121 Å². The lowest BCUT2D eigenvalue weighted by Crippen LogP contribution is -2.43. The molecule has 1 aliphatic carbocycles. The first-order valence-electron chi connectivity index (χ1n) is 7.70. The highest BCUT2D eigenvalue weighted by atomic mass is 28.4. The van der Waals surface area contributed by atoms with E-state index in [1.54, 1.807) is 5.57 Å². The van der Waals surface area contributed by atoms with Crippen molar-refractivity contribution in [1.29, 1.82) is 0 Å². The van der Waals surface area contributed by atoms with Crippen molar-refractivity contribution in [3.05, 3.63) is 23.3 Å². The van der Waals surface area contributed by atoms with Crippen LogP contribution in [-0.4, -0.2) is 14.4 Å². The van der Waals surface area contributed by atoms with E-state index in [1.807, 2.05) is 0 Å². The zero-order valence-electron chi connectivity index (χ0n) is 14.0. The Hall–Kier alpha value is -0.343. The Bertz CT molecular complexity index is 358. The molecular formula is C17H32OSi. The van der Waals surface area contributed by atoms with Crippen LogP contribution >= 0.6 is 0 Å². The molecule has 2 heteroatoms. The van der Waals surface area contributed by atoms with Gasteiger partial charge in [-0.3, -0.25) is 0 Å². The van der Waals surface area contributed by atoms with E-state index in [0.717, 1.165) is 12.8 Å². The molecule has 0 aromatic heterocycles. The topological polar surface area (TPSA) is 9.23 Å². The van der Waals surface area contributed by atoms with Gasteiger partial charge in [-0.1, -0.05) is 45.4 Å². The monoisotopic (exact) mass is 280 g/mol. The molecule has 0 heterocycles. The fourth-order valence-corrected chi connectivity index (χ4v) is 3.64. The van der Waals surface area contributed by atoms with Crippen LogP contribution < -0.4 is 0 Å². The fraction of sp³-hybridized carbons (Fsp3) is 0.765. The third-order valence-corrected chi connectivity index (χ3v) is 9.24. The van der Waals surface area contributed by atoms with Crippen molar-refractivity contribution in [1.82, 2.24) is 0 Å². The summed E-state index contributed by atoms with van der Waals surface area (Å²) in [5.41, 5.74) is 3.11. The molecule has 0 spiro atoms. The largest absolute Gasteiger partial charge is 0.410 e. The lowest BCUT2D eigenvalue weighted by atomic mass is 10.1. The van der Waals surface area contributed by atoms with Gasteiger partial charge in [0.25, 0.3) is 0 Å². The third kappa shape index (κ3) is 4.32. The van der Waals surface area contributed by atoms with E-state index in [4.69, 9.17) is 4.43 Å². The van der Waals surface area contributed by atoms with E-state index in [-0.39, 0.29) is 0 Å². The molecule has 0 aliphatic heterocycles. The van der Waals surface area contributed by atoms with Crippen LogP contribution in [0.15, 0.2) is 23.3 Å². The van der Waals surface area contributed by atoms with E-state index in [0.29, 0.717) is 11.1 Å². The maximum Gasteiger partial charge on any atom is 0.192 e. The molecule has 19 heavy (non-hydrogen) atoms. The number of allylic oxidation sites excluding steroid dienone is 3. The Balaban J connectivity index is 2.70. The molecule has 1 aliphatic rings. The summed E-state index contributed by atoms with van der Waals surface area (Å²) in [5.74, 6) is 0. The van der Waals surface area contributed by atoms with Gasteiger partial charge < -0.3 is 4.43 Å². The highest BCUT2D eigenvalue weighted by Crippen LogP contribution is 2.41. The van der Waals surface area contributed by atoms with Crippen molar-refractivity contribution >= 4 is 8.32 Å². The van der Waals surface area contributed by atoms with Crippen molar-refractivity contribution in [3.63, 3.8) is 0 Å². The van der Waals surface area contributed by atoms with E-state index in [1.165, 1.54) is 18.4 Å². The van der Waals surface area contributed by atoms with E-state index in [9.17, 15) is 0 Å². The van der Waals surface area contributed by atoms with Gasteiger partial charge in [0.15, 0.2) is 8.32 Å². The van der Waals surface area contributed by atoms with Gasteiger partial charge in [0.05, 0.1) is 6.10 Å². The lowest BCUT2D eigenvalue weighted by molar-refractivity contribution is 0.214. The number of hydrogen-bond donors (Lipinski definition) is 0. The van der Waals surface area contributed by atoms with Crippen LogP contribution in [0.3, 0.4) is 0 Å². The summed E-state index contributed by atoms with van der Waals surface area (Å²) < 4.78 is 6.57. The van der Waals surface area contributed by atoms with Crippen LogP contribution in [0.5, 0.6) is 0 Å². The summed E-state index contributed by atoms with van der Waals surface area (Å²) in [5, 5.41) is 0.304. The predicted molar refractivity (Wildman–Crippen MR) is 88.1 cm³/mol.